The van der Waals surface area contributed by atoms with E-state index in [-0.39, 0.29) is 23.5 Å². The Morgan fingerprint density at radius 1 is 1.23 bits per heavy atom. The maximum absolute atomic E-state index is 11.5. The van der Waals surface area contributed by atoms with E-state index >= 15 is 0 Å². The lowest BCUT2D eigenvalue weighted by Crippen LogP contribution is -2.10. The van der Waals surface area contributed by atoms with Gasteiger partial charge in [-0.1, -0.05) is 12.1 Å². The molecule has 1 heterocycles. The highest BCUT2D eigenvalue weighted by Crippen LogP contribution is 2.24. The third-order valence-electron chi connectivity index (χ3n) is 3.09. The number of carbonyl (C=O) groups excluding carboxylic acids is 1. The third kappa shape index (κ3) is 3.57. The molecule has 0 aliphatic heterocycles. The van der Waals surface area contributed by atoms with Crippen LogP contribution in [0.3, 0.4) is 0 Å². The summed E-state index contributed by atoms with van der Waals surface area (Å²) in [4.78, 5) is 25.3. The topological polar surface area (TPSA) is 91.6 Å². The lowest BCUT2D eigenvalue weighted by Gasteiger charge is -2.10. The van der Waals surface area contributed by atoms with Crippen molar-refractivity contribution >= 4 is 11.7 Å². The van der Waals surface area contributed by atoms with Gasteiger partial charge in [0.15, 0.2) is 0 Å². The van der Waals surface area contributed by atoms with Crippen LogP contribution < -0.4 is 4.74 Å². The molecule has 1 aromatic carbocycles. The number of rotatable bonds is 5. The van der Waals surface area contributed by atoms with Gasteiger partial charge in [-0.3, -0.25) is 14.9 Å². The van der Waals surface area contributed by atoms with Gasteiger partial charge in [0.1, 0.15) is 11.9 Å². The molecule has 2 aromatic rings. The van der Waals surface area contributed by atoms with Gasteiger partial charge < -0.3 is 9.47 Å². The van der Waals surface area contributed by atoms with Crippen molar-refractivity contribution in [1.29, 1.82) is 0 Å². The van der Waals surface area contributed by atoms with Crippen LogP contribution in [0.15, 0.2) is 42.6 Å². The first-order valence-electron chi connectivity index (χ1n) is 6.47. The minimum absolute atomic E-state index is 0.102. The average Bonchev–Trinajstić information content (AvgIpc) is 2.54. The number of hydrogen-bond donors (Lipinski definition) is 0. The van der Waals surface area contributed by atoms with Gasteiger partial charge in [-0.25, -0.2) is 4.98 Å². The molecule has 0 saturated carbocycles. The number of nitro groups is 1. The minimum atomic E-state index is -0.528. The summed E-state index contributed by atoms with van der Waals surface area (Å²) in [7, 11) is 1.34. The van der Waals surface area contributed by atoms with Crippen LogP contribution >= 0.6 is 0 Å². The molecule has 0 amide bonds. The van der Waals surface area contributed by atoms with Crippen LogP contribution in [0.5, 0.6) is 11.6 Å². The number of nitrogens with zero attached hydrogens (tertiary/aromatic N) is 2. The second kappa shape index (κ2) is 6.66. The number of carbonyl (C=O) groups is 1. The Kier molecular flexibility index (Phi) is 4.67. The van der Waals surface area contributed by atoms with Gasteiger partial charge in [0.25, 0.3) is 5.69 Å². The number of pyridine rings is 1. The molecule has 0 bridgehead atoms. The fraction of sp³-hybridized carbons (Fsp3) is 0.200. The fourth-order valence-corrected chi connectivity index (χ4v) is 1.80. The molecule has 1 atom stereocenters. The number of ether oxygens (including phenoxy) is 2. The number of aromatic nitrogens is 1. The van der Waals surface area contributed by atoms with E-state index < -0.39 is 4.92 Å². The molecule has 0 aliphatic carbocycles. The van der Waals surface area contributed by atoms with E-state index in [0.717, 1.165) is 11.8 Å². The normalized spacial score (nSPS) is 11.5. The first kappa shape index (κ1) is 15.4. The fourth-order valence-electron chi connectivity index (χ4n) is 1.80. The Balaban J connectivity index is 2.08. The molecule has 0 spiro atoms. The highest BCUT2D eigenvalue weighted by molar-refractivity contribution is 5.77. The Morgan fingerprint density at radius 2 is 1.91 bits per heavy atom. The molecule has 1 aromatic heterocycles. The lowest BCUT2D eigenvalue weighted by molar-refractivity contribution is -0.385. The highest BCUT2D eigenvalue weighted by Gasteiger charge is 2.15. The quantitative estimate of drug-likeness (QED) is 0.479. The van der Waals surface area contributed by atoms with E-state index in [1.54, 1.807) is 31.2 Å². The van der Waals surface area contributed by atoms with E-state index in [2.05, 4.69) is 9.72 Å². The van der Waals surface area contributed by atoms with Crippen LogP contribution in [-0.2, 0) is 9.53 Å². The number of methoxy groups -OCH3 is 1. The van der Waals surface area contributed by atoms with Crippen molar-refractivity contribution in [2.45, 2.75) is 12.8 Å². The van der Waals surface area contributed by atoms with Crippen molar-refractivity contribution in [2.75, 3.05) is 7.11 Å². The first-order valence-corrected chi connectivity index (χ1v) is 6.47. The van der Waals surface area contributed by atoms with Crippen LogP contribution in [0.25, 0.3) is 0 Å². The molecule has 2 rings (SSSR count). The molecular weight excluding hydrogens is 288 g/mol. The number of hydrogen-bond acceptors (Lipinski definition) is 6. The van der Waals surface area contributed by atoms with Gasteiger partial charge >= 0.3 is 5.97 Å². The standard InChI is InChI=1S/C15H14N2O5/c1-10(15(18)21-2)11-3-6-13(7-4-11)22-14-8-5-12(9-16-14)17(19)20/h3-10H,1-2H3. The van der Waals surface area contributed by atoms with Gasteiger partial charge in [0.2, 0.25) is 5.88 Å². The maximum atomic E-state index is 11.5. The van der Waals surface area contributed by atoms with Crippen LogP contribution in [0.1, 0.15) is 18.4 Å². The van der Waals surface area contributed by atoms with Crippen molar-refractivity contribution in [2.24, 2.45) is 0 Å². The molecule has 0 fully saturated rings. The summed E-state index contributed by atoms with van der Waals surface area (Å²) in [6.45, 7) is 1.75. The zero-order chi connectivity index (χ0) is 16.1. The molecular formula is C15H14N2O5. The summed E-state index contributed by atoms with van der Waals surface area (Å²) in [5, 5.41) is 10.5. The zero-order valence-corrected chi connectivity index (χ0v) is 12.1. The average molecular weight is 302 g/mol. The number of benzene rings is 1. The van der Waals surface area contributed by atoms with Crippen molar-refractivity contribution in [1.82, 2.24) is 4.98 Å². The van der Waals surface area contributed by atoms with Gasteiger partial charge in [-0.2, -0.15) is 0 Å². The minimum Gasteiger partial charge on any atom is -0.469 e. The summed E-state index contributed by atoms with van der Waals surface area (Å²) in [6, 6.07) is 9.62. The highest BCUT2D eigenvalue weighted by atomic mass is 16.6. The second-order valence-corrected chi connectivity index (χ2v) is 4.53. The SMILES string of the molecule is COC(=O)C(C)c1ccc(Oc2ccc([N+](=O)[O-])cn2)cc1. The summed E-state index contributed by atoms with van der Waals surface area (Å²) >= 11 is 0. The van der Waals surface area contributed by atoms with Crippen molar-refractivity contribution in [3.63, 3.8) is 0 Å². The van der Waals surface area contributed by atoms with Crippen molar-refractivity contribution in [3.8, 4) is 11.6 Å². The largest absolute Gasteiger partial charge is 0.469 e. The smallest absolute Gasteiger partial charge is 0.312 e. The second-order valence-electron chi connectivity index (χ2n) is 4.53. The predicted molar refractivity (Wildman–Crippen MR) is 77.8 cm³/mol. The molecule has 22 heavy (non-hydrogen) atoms. The molecule has 0 saturated heterocycles. The Labute approximate surface area is 126 Å². The van der Waals surface area contributed by atoms with Gasteiger partial charge in [-0.15, -0.1) is 0 Å². The van der Waals surface area contributed by atoms with Gasteiger partial charge in [0, 0.05) is 12.1 Å². The monoisotopic (exact) mass is 302 g/mol. The molecule has 0 N–H and O–H groups in total. The summed E-state index contributed by atoms with van der Waals surface area (Å²) in [6.07, 6.45) is 1.13. The first-order chi connectivity index (χ1) is 10.5. The Morgan fingerprint density at radius 3 is 2.41 bits per heavy atom. The Bertz CT molecular complexity index is 667. The molecule has 0 aliphatic rings. The van der Waals surface area contributed by atoms with Gasteiger partial charge in [0.05, 0.1) is 18.0 Å². The van der Waals surface area contributed by atoms with Crippen LogP contribution in [0, 0.1) is 10.1 Å². The molecule has 7 nitrogen and oxygen atoms in total. The van der Waals surface area contributed by atoms with Crippen molar-refractivity contribution < 1.29 is 19.2 Å². The van der Waals surface area contributed by atoms with Crippen LogP contribution in [-0.4, -0.2) is 23.0 Å². The lowest BCUT2D eigenvalue weighted by atomic mass is 10.0. The van der Waals surface area contributed by atoms with E-state index in [1.165, 1.54) is 19.2 Å². The number of esters is 1. The summed E-state index contributed by atoms with van der Waals surface area (Å²) in [5.41, 5.74) is 0.699. The predicted octanol–water partition coefficient (Wildman–Crippen LogP) is 3.06. The molecule has 0 radical (unpaired) electrons. The molecule has 114 valence electrons. The summed E-state index contributed by atoms with van der Waals surface area (Å²) < 4.78 is 10.2. The maximum Gasteiger partial charge on any atom is 0.312 e. The third-order valence-corrected chi connectivity index (χ3v) is 3.09. The summed E-state index contributed by atoms with van der Waals surface area (Å²) in [5.74, 6) is 0.0868. The van der Waals surface area contributed by atoms with Crippen molar-refractivity contribution in [3.05, 3.63) is 58.3 Å². The molecule has 7 heteroatoms. The van der Waals surface area contributed by atoms with E-state index in [9.17, 15) is 14.9 Å². The Hall–Kier alpha value is -2.96. The van der Waals surface area contributed by atoms with E-state index in [0.29, 0.717) is 5.75 Å². The molecule has 1 unspecified atom stereocenters. The van der Waals surface area contributed by atoms with Gasteiger partial charge in [-0.05, 0) is 24.6 Å². The van der Waals surface area contributed by atoms with Crippen LogP contribution in [0.2, 0.25) is 0 Å². The van der Waals surface area contributed by atoms with E-state index in [1.807, 2.05) is 0 Å². The van der Waals surface area contributed by atoms with E-state index in [4.69, 9.17) is 4.74 Å². The van der Waals surface area contributed by atoms with Crippen LogP contribution in [0.4, 0.5) is 5.69 Å². The zero-order valence-electron chi connectivity index (χ0n) is 12.1.